The van der Waals surface area contributed by atoms with Crippen molar-refractivity contribution >= 4 is 33.1 Å². The Labute approximate surface area is 130 Å². The Morgan fingerprint density at radius 3 is 2.68 bits per heavy atom. The lowest BCUT2D eigenvalue weighted by Gasteiger charge is -2.15. The molecule has 0 atom stereocenters. The molecule has 0 saturated heterocycles. The number of amides is 1. The normalized spacial score (nSPS) is 10.6. The van der Waals surface area contributed by atoms with Gasteiger partial charge in [0.1, 0.15) is 0 Å². The molecule has 3 aromatic rings. The van der Waals surface area contributed by atoms with Gasteiger partial charge in [-0.25, -0.2) is 4.98 Å². The molecule has 3 rings (SSSR count). The number of anilines is 1. The van der Waals surface area contributed by atoms with E-state index in [0.717, 1.165) is 0 Å². The number of hydrogen-bond donors (Lipinski definition) is 1. The zero-order chi connectivity index (χ0) is 15.7. The van der Waals surface area contributed by atoms with Crippen molar-refractivity contribution in [3.8, 4) is 5.75 Å². The molecule has 112 valence electrons. The molecule has 0 aliphatic heterocycles. The van der Waals surface area contributed by atoms with Gasteiger partial charge in [-0.1, -0.05) is 18.2 Å². The minimum absolute atomic E-state index is 0.168. The Morgan fingerprint density at radius 2 is 2.05 bits per heavy atom. The fraction of sp³-hybridized carbons (Fsp3) is 0.133. The lowest BCUT2D eigenvalue weighted by atomic mass is 10.1. The summed E-state index contributed by atoms with van der Waals surface area (Å²) in [6.07, 6.45) is 1.59. The second-order valence-electron chi connectivity index (χ2n) is 4.58. The van der Waals surface area contributed by atoms with Crippen molar-refractivity contribution in [1.82, 2.24) is 9.55 Å². The fourth-order valence-electron chi connectivity index (χ4n) is 2.33. The highest BCUT2D eigenvalue weighted by Crippen LogP contribution is 2.27. The summed E-state index contributed by atoms with van der Waals surface area (Å²) in [7, 11) is 3.03. The number of carbonyl (C=O) groups excluding carboxylic acids is 1. The van der Waals surface area contributed by atoms with Gasteiger partial charge >= 0.3 is 0 Å². The van der Waals surface area contributed by atoms with E-state index in [1.54, 1.807) is 42.9 Å². The Hall–Kier alpha value is -2.67. The highest BCUT2D eigenvalue weighted by Gasteiger charge is 2.21. The number of carbonyl (C=O) groups is 1. The van der Waals surface area contributed by atoms with E-state index >= 15 is 0 Å². The number of aromatic nitrogens is 2. The van der Waals surface area contributed by atoms with Crippen LogP contribution in [0.25, 0.3) is 10.8 Å². The van der Waals surface area contributed by atoms with Crippen molar-refractivity contribution in [3.63, 3.8) is 0 Å². The standard InChI is InChI=1S/C15H13N3O3S/c1-18-11(13(19)17-15-16-7-8-22-15)12(21-2)9-5-3-4-6-10(9)14(18)20/h3-8H,1-2H3,(H,16,17,19). The Balaban J connectivity index is 2.22. The predicted octanol–water partition coefficient (Wildman–Crippen LogP) is 2.26. The average molecular weight is 315 g/mol. The van der Waals surface area contributed by atoms with Crippen LogP contribution in [0.1, 0.15) is 10.5 Å². The molecule has 2 heterocycles. The van der Waals surface area contributed by atoms with Crippen LogP contribution in [-0.2, 0) is 7.05 Å². The van der Waals surface area contributed by atoms with Crippen molar-refractivity contribution in [1.29, 1.82) is 0 Å². The lowest BCUT2D eigenvalue weighted by Crippen LogP contribution is -2.27. The van der Waals surface area contributed by atoms with Crippen LogP contribution in [0, 0.1) is 0 Å². The number of fused-ring (bicyclic) bond motifs is 1. The van der Waals surface area contributed by atoms with Crippen LogP contribution < -0.4 is 15.6 Å². The zero-order valence-electron chi connectivity index (χ0n) is 12.0. The van der Waals surface area contributed by atoms with Gasteiger partial charge in [0, 0.05) is 24.0 Å². The van der Waals surface area contributed by atoms with Crippen LogP contribution >= 0.6 is 11.3 Å². The molecule has 22 heavy (non-hydrogen) atoms. The number of nitrogens with one attached hydrogen (secondary N) is 1. The molecule has 2 aromatic heterocycles. The third kappa shape index (κ3) is 2.25. The molecular weight excluding hydrogens is 302 g/mol. The molecule has 0 spiro atoms. The Bertz CT molecular complexity index is 900. The monoisotopic (exact) mass is 315 g/mol. The summed E-state index contributed by atoms with van der Waals surface area (Å²) < 4.78 is 6.69. The van der Waals surface area contributed by atoms with E-state index in [1.807, 2.05) is 0 Å². The smallest absolute Gasteiger partial charge is 0.278 e. The molecule has 7 heteroatoms. The van der Waals surface area contributed by atoms with Crippen LogP contribution in [0.5, 0.6) is 5.75 Å². The van der Waals surface area contributed by atoms with Crippen LogP contribution in [0.3, 0.4) is 0 Å². The van der Waals surface area contributed by atoms with E-state index in [9.17, 15) is 9.59 Å². The molecule has 0 saturated carbocycles. The summed E-state index contributed by atoms with van der Waals surface area (Å²) >= 11 is 1.30. The van der Waals surface area contributed by atoms with Gasteiger partial charge in [0.15, 0.2) is 16.6 Å². The predicted molar refractivity (Wildman–Crippen MR) is 85.8 cm³/mol. The fourth-order valence-corrected chi connectivity index (χ4v) is 2.86. The molecule has 0 aliphatic carbocycles. The van der Waals surface area contributed by atoms with Gasteiger partial charge in [0.05, 0.1) is 12.5 Å². The van der Waals surface area contributed by atoms with Gasteiger partial charge in [0.2, 0.25) is 0 Å². The maximum atomic E-state index is 12.5. The molecule has 1 N–H and O–H groups in total. The third-order valence-electron chi connectivity index (χ3n) is 3.33. The molecule has 0 unspecified atom stereocenters. The third-order valence-corrected chi connectivity index (χ3v) is 4.02. The first-order chi connectivity index (χ1) is 10.6. The minimum Gasteiger partial charge on any atom is -0.494 e. The van der Waals surface area contributed by atoms with Crippen molar-refractivity contribution < 1.29 is 9.53 Å². The Kier molecular flexibility index (Phi) is 3.64. The molecule has 1 amide bonds. The van der Waals surface area contributed by atoms with Gasteiger partial charge in [-0.05, 0) is 6.07 Å². The van der Waals surface area contributed by atoms with Crippen LogP contribution in [0.4, 0.5) is 5.13 Å². The van der Waals surface area contributed by atoms with Gasteiger partial charge in [0.25, 0.3) is 11.5 Å². The van der Waals surface area contributed by atoms with Crippen LogP contribution in [-0.4, -0.2) is 22.6 Å². The Morgan fingerprint density at radius 1 is 1.32 bits per heavy atom. The van der Waals surface area contributed by atoms with E-state index in [1.165, 1.54) is 23.0 Å². The summed E-state index contributed by atoms with van der Waals surface area (Å²) in [6.45, 7) is 0. The number of nitrogens with zero attached hydrogens (tertiary/aromatic N) is 2. The molecule has 0 aliphatic rings. The van der Waals surface area contributed by atoms with E-state index in [2.05, 4.69) is 10.3 Å². The first kappa shape index (κ1) is 14.3. The first-order valence-electron chi connectivity index (χ1n) is 6.50. The second kappa shape index (κ2) is 5.61. The second-order valence-corrected chi connectivity index (χ2v) is 5.48. The lowest BCUT2D eigenvalue weighted by molar-refractivity contribution is 0.101. The number of ether oxygens (including phenoxy) is 1. The summed E-state index contributed by atoms with van der Waals surface area (Å²) in [5, 5.41) is 6.01. The number of pyridine rings is 1. The first-order valence-corrected chi connectivity index (χ1v) is 7.38. The van der Waals surface area contributed by atoms with Gasteiger partial charge in [-0.15, -0.1) is 11.3 Å². The molecule has 6 nitrogen and oxygen atoms in total. The number of methoxy groups -OCH3 is 1. The number of hydrogen-bond acceptors (Lipinski definition) is 5. The van der Waals surface area contributed by atoms with Gasteiger partial charge in [-0.3, -0.25) is 14.9 Å². The zero-order valence-corrected chi connectivity index (χ0v) is 12.8. The minimum atomic E-state index is -0.433. The molecule has 0 fully saturated rings. The maximum Gasteiger partial charge on any atom is 0.278 e. The number of benzene rings is 1. The van der Waals surface area contributed by atoms with E-state index in [4.69, 9.17) is 4.74 Å². The van der Waals surface area contributed by atoms with E-state index < -0.39 is 5.91 Å². The van der Waals surface area contributed by atoms with Crippen LogP contribution in [0.2, 0.25) is 0 Å². The maximum absolute atomic E-state index is 12.5. The van der Waals surface area contributed by atoms with Crippen LogP contribution in [0.15, 0.2) is 40.6 Å². The van der Waals surface area contributed by atoms with Gasteiger partial charge in [-0.2, -0.15) is 0 Å². The van der Waals surface area contributed by atoms with Gasteiger partial charge < -0.3 is 9.30 Å². The van der Waals surface area contributed by atoms with Crippen molar-refractivity contribution in [2.24, 2.45) is 7.05 Å². The largest absolute Gasteiger partial charge is 0.494 e. The highest BCUT2D eigenvalue weighted by molar-refractivity contribution is 7.13. The summed E-state index contributed by atoms with van der Waals surface area (Å²) in [4.78, 5) is 29.0. The summed E-state index contributed by atoms with van der Waals surface area (Å²) in [5.74, 6) is -0.0658. The summed E-state index contributed by atoms with van der Waals surface area (Å²) in [5.41, 5.74) is -0.0814. The van der Waals surface area contributed by atoms with Crippen molar-refractivity contribution in [3.05, 3.63) is 51.9 Å². The average Bonchev–Trinajstić information content (AvgIpc) is 3.03. The SMILES string of the molecule is COc1c(C(=O)Nc2nccs2)n(C)c(=O)c2ccccc12. The molecule has 0 radical (unpaired) electrons. The van der Waals surface area contributed by atoms with Crippen molar-refractivity contribution in [2.75, 3.05) is 12.4 Å². The number of thiazole rings is 1. The molecular formula is C15H13N3O3S. The summed E-state index contributed by atoms with van der Waals surface area (Å²) in [6, 6.07) is 7.05. The van der Waals surface area contributed by atoms with E-state index in [-0.39, 0.29) is 11.3 Å². The number of rotatable bonds is 3. The highest BCUT2D eigenvalue weighted by atomic mass is 32.1. The topological polar surface area (TPSA) is 73.2 Å². The quantitative estimate of drug-likeness (QED) is 0.804. The molecule has 1 aromatic carbocycles. The van der Waals surface area contributed by atoms with E-state index in [0.29, 0.717) is 21.7 Å². The van der Waals surface area contributed by atoms with Crippen molar-refractivity contribution in [2.45, 2.75) is 0 Å². The molecule has 0 bridgehead atoms.